The number of methoxy groups -OCH3 is 1. The van der Waals surface area contributed by atoms with Gasteiger partial charge in [0, 0.05) is 11.6 Å². The lowest BCUT2D eigenvalue weighted by molar-refractivity contribution is 0.400. The van der Waals surface area contributed by atoms with Crippen LogP contribution >= 0.6 is 0 Å². The molecule has 0 bridgehead atoms. The summed E-state index contributed by atoms with van der Waals surface area (Å²) < 4.78 is 5.45. The molecule has 1 aromatic carbocycles. The minimum atomic E-state index is 0.365. The third kappa shape index (κ3) is 3.47. The van der Waals surface area contributed by atoms with Crippen LogP contribution in [0.3, 0.4) is 0 Å². The van der Waals surface area contributed by atoms with Crippen LogP contribution in [0.1, 0.15) is 43.4 Å². The van der Waals surface area contributed by atoms with Crippen molar-refractivity contribution in [2.75, 3.05) is 13.7 Å². The van der Waals surface area contributed by atoms with Gasteiger partial charge in [0.2, 0.25) is 0 Å². The Hall–Kier alpha value is -1.02. The summed E-state index contributed by atoms with van der Waals surface area (Å²) in [6.45, 7) is 5.42. The molecule has 17 heavy (non-hydrogen) atoms. The average Bonchev–Trinajstić information content (AvgIpc) is 3.12. The van der Waals surface area contributed by atoms with Crippen LogP contribution in [0.4, 0.5) is 0 Å². The zero-order valence-electron chi connectivity index (χ0n) is 11.1. The predicted octanol–water partition coefficient (Wildman–Crippen LogP) is 3.45. The molecule has 0 heterocycles. The largest absolute Gasteiger partial charge is 0.496 e. The summed E-state index contributed by atoms with van der Waals surface area (Å²) in [5.74, 6) is 1.99. The van der Waals surface area contributed by atoms with Gasteiger partial charge in [-0.05, 0) is 44.4 Å². The molecule has 1 N–H and O–H groups in total. The van der Waals surface area contributed by atoms with Gasteiger partial charge >= 0.3 is 0 Å². The van der Waals surface area contributed by atoms with Crippen molar-refractivity contribution in [1.82, 2.24) is 5.32 Å². The minimum Gasteiger partial charge on any atom is -0.496 e. The maximum atomic E-state index is 5.45. The summed E-state index contributed by atoms with van der Waals surface area (Å²) in [7, 11) is 1.75. The van der Waals surface area contributed by atoms with Crippen LogP contribution in [-0.2, 0) is 0 Å². The van der Waals surface area contributed by atoms with Gasteiger partial charge in [0.1, 0.15) is 5.75 Å². The zero-order valence-corrected chi connectivity index (χ0v) is 11.1. The van der Waals surface area contributed by atoms with E-state index in [1.54, 1.807) is 7.11 Å². The molecule has 1 aromatic rings. The van der Waals surface area contributed by atoms with Crippen molar-refractivity contribution in [3.05, 3.63) is 29.3 Å². The van der Waals surface area contributed by atoms with E-state index < -0.39 is 0 Å². The molecule has 0 aromatic heterocycles. The average molecular weight is 233 g/mol. The standard InChI is InChI=1S/C15H23NO/c1-11-4-7-14(15(10-11)17-3)12(2)16-9-8-13-5-6-13/h4,7,10,12-13,16H,5-6,8-9H2,1-3H3. The van der Waals surface area contributed by atoms with E-state index in [2.05, 4.69) is 37.4 Å². The van der Waals surface area contributed by atoms with Gasteiger partial charge in [-0.15, -0.1) is 0 Å². The Morgan fingerprint density at radius 3 is 2.82 bits per heavy atom. The monoisotopic (exact) mass is 233 g/mol. The Balaban J connectivity index is 1.93. The summed E-state index contributed by atoms with van der Waals surface area (Å²) in [5.41, 5.74) is 2.50. The first-order chi connectivity index (χ1) is 8.20. The SMILES string of the molecule is COc1cc(C)ccc1C(C)NCCC1CC1. The molecule has 0 spiro atoms. The number of aryl methyl sites for hydroxylation is 1. The third-order valence-electron chi connectivity index (χ3n) is 3.56. The third-order valence-corrected chi connectivity index (χ3v) is 3.56. The molecule has 1 saturated carbocycles. The number of ether oxygens (including phenoxy) is 1. The second-order valence-electron chi connectivity index (χ2n) is 5.15. The molecule has 94 valence electrons. The lowest BCUT2D eigenvalue weighted by atomic mass is 10.0. The van der Waals surface area contributed by atoms with Crippen LogP contribution < -0.4 is 10.1 Å². The van der Waals surface area contributed by atoms with Crippen molar-refractivity contribution in [2.45, 2.75) is 39.2 Å². The van der Waals surface area contributed by atoms with E-state index in [1.807, 2.05) is 0 Å². The molecule has 1 aliphatic rings. The molecular formula is C15H23NO. The molecular weight excluding hydrogens is 210 g/mol. The van der Waals surface area contributed by atoms with Gasteiger partial charge in [-0.25, -0.2) is 0 Å². The molecule has 0 amide bonds. The minimum absolute atomic E-state index is 0.365. The maximum Gasteiger partial charge on any atom is 0.123 e. The number of hydrogen-bond acceptors (Lipinski definition) is 2. The van der Waals surface area contributed by atoms with Crippen molar-refractivity contribution < 1.29 is 4.74 Å². The number of hydrogen-bond donors (Lipinski definition) is 1. The topological polar surface area (TPSA) is 21.3 Å². The van der Waals surface area contributed by atoms with Crippen molar-refractivity contribution in [1.29, 1.82) is 0 Å². The summed E-state index contributed by atoms with van der Waals surface area (Å²) >= 11 is 0. The fourth-order valence-corrected chi connectivity index (χ4v) is 2.20. The molecule has 1 fully saturated rings. The van der Waals surface area contributed by atoms with E-state index in [9.17, 15) is 0 Å². The molecule has 1 unspecified atom stereocenters. The van der Waals surface area contributed by atoms with Crippen molar-refractivity contribution in [3.8, 4) is 5.75 Å². The molecule has 0 aliphatic heterocycles. The Morgan fingerprint density at radius 1 is 1.41 bits per heavy atom. The van der Waals surface area contributed by atoms with Gasteiger partial charge in [-0.1, -0.05) is 25.0 Å². The van der Waals surface area contributed by atoms with Gasteiger partial charge in [0.05, 0.1) is 7.11 Å². The molecule has 2 rings (SSSR count). The predicted molar refractivity (Wildman–Crippen MR) is 71.5 cm³/mol. The highest BCUT2D eigenvalue weighted by Gasteiger charge is 2.20. The van der Waals surface area contributed by atoms with E-state index in [0.29, 0.717) is 6.04 Å². The van der Waals surface area contributed by atoms with Crippen LogP contribution in [0, 0.1) is 12.8 Å². The number of benzene rings is 1. The summed E-state index contributed by atoms with van der Waals surface area (Å²) in [5, 5.41) is 3.58. The van der Waals surface area contributed by atoms with E-state index in [4.69, 9.17) is 4.74 Å². The van der Waals surface area contributed by atoms with Crippen LogP contribution in [0.5, 0.6) is 5.75 Å². The highest BCUT2D eigenvalue weighted by molar-refractivity contribution is 5.38. The van der Waals surface area contributed by atoms with E-state index >= 15 is 0 Å². The first-order valence-corrected chi connectivity index (χ1v) is 6.58. The van der Waals surface area contributed by atoms with Crippen LogP contribution in [0.15, 0.2) is 18.2 Å². The normalized spacial score (nSPS) is 16.9. The van der Waals surface area contributed by atoms with Gasteiger partial charge in [0.25, 0.3) is 0 Å². The van der Waals surface area contributed by atoms with Crippen molar-refractivity contribution in [3.63, 3.8) is 0 Å². The first-order valence-electron chi connectivity index (χ1n) is 6.58. The first kappa shape index (κ1) is 12.4. The summed E-state index contributed by atoms with van der Waals surface area (Å²) in [6.07, 6.45) is 4.19. The second-order valence-corrected chi connectivity index (χ2v) is 5.15. The Morgan fingerprint density at radius 2 is 2.18 bits per heavy atom. The van der Waals surface area contributed by atoms with E-state index in [0.717, 1.165) is 18.2 Å². The highest BCUT2D eigenvalue weighted by Crippen LogP contribution is 2.32. The van der Waals surface area contributed by atoms with E-state index in [-0.39, 0.29) is 0 Å². The Labute approximate surface area is 104 Å². The molecule has 1 aliphatic carbocycles. The highest BCUT2D eigenvalue weighted by atomic mass is 16.5. The smallest absolute Gasteiger partial charge is 0.123 e. The van der Waals surface area contributed by atoms with Crippen molar-refractivity contribution in [2.24, 2.45) is 5.92 Å². The lowest BCUT2D eigenvalue weighted by Crippen LogP contribution is -2.20. The molecule has 0 saturated heterocycles. The quantitative estimate of drug-likeness (QED) is 0.812. The maximum absolute atomic E-state index is 5.45. The lowest BCUT2D eigenvalue weighted by Gasteiger charge is -2.17. The van der Waals surface area contributed by atoms with Crippen LogP contribution in [0.2, 0.25) is 0 Å². The number of nitrogens with one attached hydrogen (secondary N) is 1. The van der Waals surface area contributed by atoms with Gasteiger partial charge < -0.3 is 10.1 Å². The van der Waals surface area contributed by atoms with Gasteiger partial charge in [-0.3, -0.25) is 0 Å². The summed E-state index contributed by atoms with van der Waals surface area (Å²) in [6, 6.07) is 6.79. The Kier molecular flexibility index (Phi) is 4.06. The van der Waals surface area contributed by atoms with Crippen LogP contribution in [-0.4, -0.2) is 13.7 Å². The van der Waals surface area contributed by atoms with Gasteiger partial charge in [0.15, 0.2) is 0 Å². The second kappa shape index (κ2) is 5.54. The van der Waals surface area contributed by atoms with Gasteiger partial charge in [-0.2, -0.15) is 0 Å². The zero-order chi connectivity index (χ0) is 12.3. The van der Waals surface area contributed by atoms with Crippen LogP contribution in [0.25, 0.3) is 0 Å². The van der Waals surface area contributed by atoms with Crippen molar-refractivity contribution >= 4 is 0 Å². The molecule has 1 atom stereocenters. The number of rotatable bonds is 6. The van der Waals surface area contributed by atoms with E-state index in [1.165, 1.54) is 30.4 Å². The summed E-state index contributed by atoms with van der Waals surface area (Å²) in [4.78, 5) is 0. The fraction of sp³-hybridized carbons (Fsp3) is 0.600. The molecule has 2 heteroatoms. The Bertz CT molecular complexity index is 371. The molecule has 0 radical (unpaired) electrons. The fourth-order valence-electron chi connectivity index (χ4n) is 2.20. The molecule has 2 nitrogen and oxygen atoms in total.